The zero-order chi connectivity index (χ0) is 23.4. The van der Waals surface area contributed by atoms with Gasteiger partial charge in [0.05, 0.1) is 22.6 Å². The molecule has 0 fully saturated rings. The number of nitrogens with zero attached hydrogens (tertiary/aromatic N) is 3. The number of fused-ring (bicyclic) bond motifs is 7. The van der Waals surface area contributed by atoms with Crippen LogP contribution in [0.5, 0.6) is 0 Å². The molecule has 168 valence electrons. The standard InChI is InChI=1S/C32H25N3/c1-22-12-11-21-30(33-22)35-28-19-9-6-16-25(28)31-24-15-5-8-18-27(24)34(23-13-3-2-4-14-23)32(31)26-17-7-10-20-29(26)35/h2-3,5-13,15-21H,4,14H2,1H3. The molecule has 0 bridgehead atoms. The van der Waals surface area contributed by atoms with E-state index in [-0.39, 0.29) is 0 Å². The SMILES string of the molecule is Cc1cccc(N2c3ccccc3-c3c(n(C4=CC=CCC4)c4ccccc34)-c3ccccc32)n1. The van der Waals surface area contributed by atoms with Crippen molar-refractivity contribution in [3.05, 3.63) is 115 Å². The third kappa shape index (κ3) is 3.01. The van der Waals surface area contributed by atoms with Gasteiger partial charge < -0.3 is 4.57 Å². The van der Waals surface area contributed by atoms with Crippen LogP contribution in [0.1, 0.15) is 18.5 Å². The predicted octanol–water partition coefficient (Wildman–Crippen LogP) is 8.65. The molecule has 2 aliphatic rings. The van der Waals surface area contributed by atoms with Crippen LogP contribution >= 0.6 is 0 Å². The number of anilines is 3. The first kappa shape index (κ1) is 20.0. The molecule has 1 aliphatic carbocycles. The van der Waals surface area contributed by atoms with E-state index in [1.165, 1.54) is 39.0 Å². The fourth-order valence-corrected chi connectivity index (χ4v) is 5.62. The third-order valence-electron chi connectivity index (χ3n) is 7.07. The van der Waals surface area contributed by atoms with Crippen molar-refractivity contribution >= 4 is 33.8 Å². The first-order valence-corrected chi connectivity index (χ1v) is 12.2. The Balaban J connectivity index is 1.67. The number of allylic oxidation sites excluding steroid dienone is 4. The summed E-state index contributed by atoms with van der Waals surface area (Å²) in [6, 6.07) is 32.6. The number of rotatable bonds is 2. The van der Waals surface area contributed by atoms with Gasteiger partial charge in [-0.25, -0.2) is 4.98 Å². The van der Waals surface area contributed by atoms with Gasteiger partial charge in [0.15, 0.2) is 0 Å². The van der Waals surface area contributed by atoms with Gasteiger partial charge in [-0.1, -0.05) is 72.8 Å². The molecule has 3 aromatic carbocycles. The van der Waals surface area contributed by atoms with E-state index in [0.717, 1.165) is 35.7 Å². The van der Waals surface area contributed by atoms with Crippen LogP contribution in [0.2, 0.25) is 0 Å². The maximum absolute atomic E-state index is 4.96. The van der Waals surface area contributed by atoms with Gasteiger partial charge in [0.25, 0.3) is 0 Å². The summed E-state index contributed by atoms with van der Waals surface area (Å²) in [6.07, 6.45) is 8.80. The van der Waals surface area contributed by atoms with Crippen molar-refractivity contribution in [1.82, 2.24) is 9.55 Å². The molecule has 0 atom stereocenters. The molecule has 0 spiro atoms. The van der Waals surface area contributed by atoms with Gasteiger partial charge in [-0.3, -0.25) is 4.90 Å². The molecular formula is C32H25N3. The second kappa shape index (κ2) is 7.85. The lowest BCUT2D eigenvalue weighted by atomic mass is 9.98. The van der Waals surface area contributed by atoms with Crippen molar-refractivity contribution in [3.63, 3.8) is 0 Å². The Kier molecular flexibility index (Phi) is 4.49. The molecule has 7 rings (SSSR count). The molecule has 0 amide bonds. The number of pyridine rings is 1. The first-order valence-electron chi connectivity index (χ1n) is 12.2. The van der Waals surface area contributed by atoms with Crippen molar-refractivity contribution in [2.45, 2.75) is 19.8 Å². The van der Waals surface area contributed by atoms with Gasteiger partial charge in [0.1, 0.15) is 5.82 Å². The molecule has 3 heteroatoms. The minimum atomic E-state index is 0.936. The Bertz CT molecular complexity index is 1670. The highest BCUT2D eigenvalue weighted by atomic mass is 15.2. The summed E-state index contributed by atoms with van der Waals surface area (Å²) in [5.41, 5.74) is 10.9. The zero-order valence-corrected chi connectivity index (χ0v) is 19.6. The fourth-order valence-electron chi connectivity index (χ4n) is 5.62. The van der Waals surface area contributed by atoms with Crippen LogP contribution in [-0.2, 0) is 0 Å². The average Bonchev–Trinajstić information content (AvgIpc) is 3.19. The van der Waals surface area contributed by atoms with Crippen LogP contribution in [0.25, 0.3) is 39.0 Å². The minimum Gasteiger partial charge on any atom is -0.312 e. The van der Waals surface area contributed by atoms with E-state index < -0.39 is 0 Å². The van der Waals surface area contributed by atoms with E-state index in [1.807, 2.05) is 0 Å². The van der Waals surface area contributed by atoms with Crippen LogP contribution in [0.4, 0.5) is 17.2 Å². The molecule has 0 saturated heterocycles. The van der Waals surface area contributed by atoms with Crippen molar-refractivity contribution in [2.75, 3.05) is 4.90 Å². The summed E-state index contributed by atoms with van der Waals surface area (Å²) in [5.74, 6) is 0.936. The van der Waals surface area contributed by atoms with E-state index >= 15 is 0 Å². The molecule has 35 heavy (non-hydrogen) atoms. The summed E-state index contributed by atoms with van der Waals surface area (Å²) in [5, 5.41) is 1.28. The zero-order valence-electron chi connectivity index (χ0n) is 19.6. The topological polar surface area (TPSA) is 21.1 Å². The normalized spacial score (nSPS) is 14.2. The Hall–Kier alpha value is -4.37. The maximum Gasteiger partial charge on any atom is 0.137 e. The average molecular weight is 452 g/mol. The molecule has 5 aromatic rings. The van der Waals surface area contributed by atoms with E-state index in [9.17, 15) is 0 Å². The van der Waals surface area contributed by atoms with Crippen molar-refractivity contribution < 1.29 is 0 Å². The number of hydrogen-bond donors (Lipinski definition) is 0. The molecule has 2 aromatic heterocycles. The lowest BCUT2D eigenvalue weighted by Crippen LogP contribution is -2.13. The highest BCUT2D eigenvalue weighted by Gasteiger charge is 2.31. The van der Waals surface area contributed by atoms with Crippen LogP contribution in [0, 0.1) is 6.92 Å². The van der Waals surface area contributed by atoms with Crippen LogP contribution in [-0.4, -0.2) is 9.55 Å². The van der Waals surface area contributed by atoms with Crippen molar-refractivity contribution in [3.8, 4) is 22.4 Å². The lowest BCUT2D eigenvalue weighted by molar-refractivity contribution is 0.967. The Labute approximate surface area is 205 Å². The highest BCUT2D eigenvalue weighted by Crippen LogP contribution is 2.54. The van der Waals surface area contributed by atoms with Crippen LogP contribution in [0.15, 0.2) is 109 Å². The van der Waals surface area contributed by atoms with Gasteiger partial charge in [-0.05, 0) is 56.2 Å². The van der Waals surface area contributed by atoms with E-state index in [4.69, 9.17) is 4.98 Å². The molecule has 0 unspecified atom stereocenters. The van der Waals surface area contributed by atoms with Gasteiger partial charge >= 0.3 is 0 Å². The minimum absolute atomic E-state index is 0.936. The molecule has 0 radical (unpaired) electrons. The Morgan fingerprint density at radius 2 is 1.49 bits per heavy atom. The maximum atomic E-state index is 4.96. The third-order valence-corrected chi connectivity index (χ3v) is 7.07. The number of aromatic nitrogens is 2. The Morgan fingerprint density at radius 1 is 0.743 bits per heavy atom. The number of para-hydroxylation sites is 3. The first-order chi connectivity index (χ1) is 17.3. The van der Waals surface area contributed by atoms with Gasteiger partial charge in [0, 0.05) is 33.5 Å². The summed E-state index contributed by atoms with van der Waals surface area (Å²) >= 11 is 0. The number of hydrogen-bond acceptors (Lipinski definition) is 2. The molecule has 0 saturated carbocycles. The molecule has 3 heterocycles. The lowest BCUT2D eigenvalue weighted by Gasteiger charge is -2.26. The summed E-state index contributed by atoms with van der Waals surface area (Å²) < 4.78 is 2.50. The molecule has 0 N–H and O–H groups in total. The summed E-state index contributed by atoms with van der Waals surface area (Å²) in [6.45, 7) is 2.05. The van der Waals surface area contributed by atoms with E-state index in [0.29, 0.717) is 0 Å². The van der Waals surface area contributed by atoms with Gasteiger partial charge in [-0.15, -0.1) is 0 Å². The van der Waals surface area contributed by atoms with Gasteiger partial charge in [-0.2, -0.15) is 0 Å². The Morgan fingerprint density at radius 3 is 2.29 bits per heavy atom. The highest BCUT2D eigenvalue weighted by molar-refractivity contribution is 6.13. The smallest absolute Gasteiger partial charge is 0.137 e. The van der Waals surface area contributed by atoms with Gasteiger partial charge in [0.2, 0.25) is 0 Å². The fraction of sp³-hybridized carbons (Fsp3) is 0.0938. The second-order valence-corrected chi connectivity index (χ2v) is 9.21. The van der Waals surface area contributed by atoms with E-state index in [2.05, 4.69) is 126 Å². The summed E-state index contributed by atoms with van der Waals surface area (Å²) in [4.78, 5) is 7.28. The quantitative estimate of drug-likeness (QED) is 0.263. The number of aryl methyl sites for hydroxylation is 1. The van der Waals surface area contributed by atoms with Crippen LogP contribution < -0.4 is 4.90 Å². The number of benzene rings is 3. The molecular weight excluding hydrogens is 426 g/mol. The van der Waals surface area contributed by atoms with Crippen molar-refractivity contribution in [2.24, 2.45) is 0 Å². The molecule has 1 aliphatic heterocycles. The monoisotopic (exact) mass is 451 g/mol. The predicted molar refractivity (Wildman–Crippen MR) is 146 cm³/mol. The van der Waals surface area contributed by atoms with E-state index in [1.54, 1.807) is 0 Å². The molecule has 3 nitrogen and oxygen atoms in total. The largest absolute Gasteiger partial charge is 0.312 e. The van der Waals surface area contributed by atoms with Crippen molar-refractivity contribution in [1.29, 1.82) is 0 Å². The van der Waals surface area contributed by atoms with Crippen LogP contribution in [0.3, 0.4) is 0 Å². The summed E-state index contributed by atoms with van der Waals surface area (Å²) in [7, 11) is 0. The second-order valence-electron chi connectivity index (χ2n) is 9.21.